The molecule has 1 saturated heterocycles. The summed E-state index contributed by atoms with van der Waals surface area (Å²) in [7, 11) is 0. The Labute approximate surface area is 169 Å². The summed E-state index contributed by atoms with van der Waals surface area (Å²) < 4.78 is 2.12. The molecule has 0 radical (unpaired) electrons. The molecule has 29 heavy (non-hydrogen) atoms. The number of hydrogen-bond acceptors (Lipinski definition) is 4. The average molecular weight is 394 g/mol. The molecule has 1 unspecified atom stereocenters. The lowest BCUT2D eigenvalue weighted by Gasteiger charge is -2.35. The average Bonchev–Trinajstić information content (AvgIpc) is 3.37. The van der Waals surface area contributed by atoms with Crippen LogP contribution in [0.1, 0.15) is 47.1 Å². The molecule has 7 nitrogen and oxygen atoms in total. The molecule has 5 rings (SSSR count). The molecule has 1 aliphatic carbocycles. The van der Waals surface area contributed by atoms with Gasteiger partial charge in [-0.2, -0.15) is 0 Å². The lowest BCUT2D eigenvalue weighted by molar-refractivity contribution is -0.143. The van der Waals surface area contributed by atoms with Gasteiger partial charge in [-0.05, 0) is 24.8 Å². The Bertz CT molecular complexity index is 927. The predicted octanol–water partition coefficient (Wildman–Crippen LogP) is 1.42. The zero-order valence-electron chi connectivity index (χ0n) is 16.5. The van der Waals surface area contributed by atoms with E-state index < -0.39 is 5.60 Å². The Morgan fingerprint density at radius 3 is 2.41 bits per heavy atom. The molecule has 2 aliphatic heterocycles. The molecule has 3 heterocycles. The molecule has 7 heteroatoms. The maximum absolute atomic E-state index is 13.0. The van der Waals surface area contributed by atoms with Gasteiger partial charge in [0.15, 0.2) is 0 Å². The number of hydrogen-bond donors (Lipinski definition) is 1. The Morgan fingerprint density at radius 2 is 1.72 bits per heavy atom. The molecule has 1 aromatic carbocycles. The molecule has 2 fully saturated rings. The van der Waals surface area contributed by atoms with Crippen LogP contribution in [0.3, 0.4) is 0 Å². The number of aliphatic hydroxyl groups is 1. The molecule has 0 spiro atoms. The molecule has 1 N–H and O–H groups in total. The number of carbonyl (C=O) groups excluding carboxylic acids is 2. The van der Waals surface area contributed by atoms with Gasteiger partial charge in [0.2, 0.25) is 0 Å². The molecular weight excluding hydrogens is 368 g/mol. The van der Waals surface area contributed by atoms with Crippen molar-refractivity contribution in [1.29, 1.82) is 0 Å². The van der Waals surface area contributed by atoms with Crippen molar-refractivity contribution in [3.05, 3.63) is 53.6 Å². The predicted molar refractivity (Wildman–Crippen MR) is 106 cm³/mol. The van der Waals surface area contributed by atoms with Crippen LogP contribution in [0.4, 0.5) is 0 Å². The van der Waals surface area contributed by atoms with Crippen LogP contribution in [-0.2, 0) is 17.8 Å². The normalized spacial score (nSPS) is 22.9. The summed E-state index contributed by atoms with van der Waals surface area (Å²) in [6.45, 7) is 2.75. The van der Waals surface area contributed by atoms with Crippen molar-refractivity contribution in [3.8, 4) is 0 Å². The highest BCUT2D eigenvalue weighted by Crippen LogP contribution is 2.37. The van der Waals surface area contributed by atoms with Crippen LogP contribution in [0, 0.1) is 0 Å². The quantitative estimate of drug-likeness (QED) is 0.854. The molecule has 1 saturated carbocycles. The Balaban J connectivity index is 1.23. The summed E-state index contributed by atoms with van der Waals surface area (Å²) in [6.07, 6.45) is 4.90. The van der Waals surface area contributed by atoms with Crippen molar-refractivity contribution < 1.29 is 14.7 Å². The Morgan fingerprint density at radius 1 is 1.03 bits per heavy atom. The minimum Gasteiger partial charge on any atom is -0.380 e. The number of amides is 2. The number of aromatic nitrogens is 2. The number of rotatable bonds is 3. The third-order valence-electron chi connectivity index (χ3n) is 6.46. The van der Waals surface area contributed by atoms with Gasteiger partial charge in [0.05, 0.1) is 0 Å². The topological polar surface area (TPSA) is 78.7 Å². The number of aryl methyl sites for hydroxylation is 1. The molecule has 1 aromatic heterocycles. The van der Waals surface area contributed by atoms with Gasteiger partial charge < -0.3 is 19.5 Å². The standard InChI is InChI=1S/C22H26N4O3/c27-20(24-10-12-25(13-11-24)21(28)22(29)8-9-22)18-15-26-14-17(6-7-19(26)23-18)16-4-2-1-3-5-16/h1-5,15,17,29H,6-14H2. The summed E-state index contributed by atoms with van der Waals surface area (Å²) >= 11 is 0. The first-order valence-electron chi connectivity index (χ1n) is 10.5. The lowest BCUT2D eigenvalue weighted by atomic mass is 9.92. The zero-order valence-corrected chi connectivity index (χ0v) is 16.5. The summed E-state index contributed by atoms with van der Waals surface area (Å²) in [5.41, 5.74) is 0.692. The van der Waals surface area contributed by atoms with Gasteiger partial charge in [-0.25, -0.2) is 4.98 Å². The van der Waals surface area contributed by atoms with E-state index in [1.54, 1.807) is 9.80 Å². The number of nitrogens with zero attached hydrogens (tertiary/aromatic N) is 4. The third kappa shape index (κ3) is 3.44. The molecule has 152 valence electrons. The lowest BCUT2D eigenvalue weighted by Crippen LogP contribution is -2.53. The maximum atomic E-state index is 13.0. The summed E-state index contributed by atoms with van der Waals surface area (Å²) in [4.78, 5) is 33.3. The first-order valence-corrected chi connectivity index (χ1v) is 10.5. The van der Waals surface area contributed by atoms with Gasteiger partial charge in [0.25, 0.3) is 11.8 Å². The second kappa shape index (κ2) is 6.99. The van der Waals surface area contributed by atoms with Gasteiger partial charge >= 0.3 is 0 Å². The largest absolute Gasteiger partial charge is 0.380 e. The van der Waals surface area contributed by atoms with E-state index in [4.69, 9.17) is 0 Å². The van der Waals surface area contributed by atoms with Crippen molar-refractivity contribution in [1.82, 2.24) is 19.4 Å². The van der Waals surface area contributed by atoms with E-state index in [1.165, 1.54) is 5.56 Å². The van der Waals surface area contributed by atoms with Gasteiger partial charge in [-0.15, -0.1) is 0 Å². The Hall–Kier alpha value is -2.67. The first kappa shape index (κ1) is 18.4. The molecule has 0 bridgehead atoms. The number of fused-ring (bicyclic) bond motifs is 1. The second-order valence-corrected chi connectivity index (χ2v) is 8.46. The molecule has 2 amide bonds. The summed E-state index contributed by atoms with van der Waals surface area (Å²) in [6, 6.07) is 10.5. The maximum Gasteiger partial charge on any atom is 0.274 e. The van der Waals surface area contributed by atoms with Crippen LogP contribution in [0.2, 0.25) is 0 Å². The molecule has 1 atom stereocenters. The van der Waals surface area contributed by atoms with Crippen molar-refractivity contribution in [2.75, 3.05) is 26.2 Å². The number of piperazine rings is 1. The van der Waals surface area contributed by atoms with E-state index in [0.717, 1.165) is 25.2 Å². The highest BCUT2D eigenvalue weighted by molar-refractivity contribution is 5.93. The van der Waals surface area contributed by atoms with E-state index in [-0.39, 0.29) is 11.8 Å². The van der Waals surface area contributed by atoms with Crippen LogP contribution in [-0.4, -0.2) is 68.1 Å². The fourth-order valence-corrected chi connectivity index (χ4v) is 4.45. The molecular formula is C22H26N4O3. The van der Waals surface area contributed by atoms with Crippen molar-refractivity contribution in [2.24, 2.45) is 0 Å². The minimum atomic E-state index is -1.13. The second-order valence-electron chi connectivity index (χ2n) is 8.46. The number of imidazole rings is 1. The number of carbonyl (C=O) groups is 2. The van der Waals surface area contributed by atoms with Crippen LogP contribution >= 0.6 is 0 Å². The monoisotopic (exact) mass is 394 g/mol. The minimum absolute atomic E-state index is 0.0691. The van der Waals surface area contributed by atoms with Crippen molar-refractivity contribution >= 4 is 11.8 Å². The van der Waals surface area contributed by atoms with Crippen LogP contribution < -0.4 is 0 Å². The summed E-state index contributed by atoms with van der Waals surface area (Å²) in [5.74, 6) is 1.17. The van der Waals surface area contributed by atoms with Gasteiger partial charge in [0, 0.05) is 51.3 Å². The molecule has 2 aromatic rings. The van der Waals surface area contributed by atoms with Crippen LogP contribution in [0.15, 0.2) is 36.5 Å². The fraction of sp³-hybridized carbons (Fsp3) is 0.500. The van der Waals surface area contributed by atoms with Gasteiger partial charge in [-0.3, -0.25) is 9.59 Å². The van der Waals surface area contributed by atoms with Crippen LogP contribution in [0.25, 0.3) is 0 Å². The van der Waals surface area contributed by atoms with Crippen LogP contribution in [0.5, 0.6) is 0 Å². The molecule has 3 aliphatic rings. The van der Waals surface area contributed by atoms with E-state index in [0.29, 0.717) is 50.6 Å². The summed E-state index contributed by atoms with van der Waals surface area (Å²) in [5, 5.41) is 10.0. The van der Waals surface area contributed by atoms with E-state index in [1.807, 2.05) is 12.3 Å². The number of benzene rings is 1. The zero-order chi connectivity index (χ0) is 20.0. The smallest absolute Gasteiger partial charge is 0.274 e. The third-order valence-corrected chi connectivity index (χ3v) is 6.46. The highest BCUT2D eigenvalue weighted by Gasteiger charge is 2.50. The van der Waals surface area contributed by atoms with E-state index in [9.17, 15) is 14.7 Å². The fourth-order valence-electron chi connectivity index (χ4n) is 4.45. The van der Waals surface area contributed by atoms with E-state index in [2.05, 4.69) is 33.8 Å². The first-order chi connectivity index (χ1) is 14.0. The van der Waals surface area contributed by atoms with E-state index >= 15 is 0 Å². The SMILES string of the molecule is O=C(c1cn2c(n1)CCC(c1ccccc1)C2)N1CCN(C(=O)C2(O)CC2)CC1. The van der Waals surface area contributed by atoms with Gasteiger partial charge in [-0.1, -0.05) is 30.3 Å². The van der Waals surface area contributed by atoms with Crippen molar-refractivity contribution in [3.63, 3.8) is 0 Å². The highest BCUT2D eigenvalue weighted by atomic mass is 16.3. The van der Waals surface area contributed by atoms with Gasteiger partial charge in [0.1, 0.15) is 17.1 Å². The van der Waals surface area contributed by atoms with Crippen molar-refractivity contribution in [2.45, 2.75) is 43.7 Å². The Kier molecular flexibility index (Phi) is 4.42.